The molecule has 2 N–H and O–H groups in total. The molecular formula is C28H35FN6O4. The third-order valence-electron chi connectivity index (χ3n) is 6.85. The Morgan fingerprint density at radius 1 is 1.08 bits per heavy atom. The summed E-state index contributed by atoms with van der Waals surface area (Å²) in [6.07, 6.45) is 0.328. The van der Waals surface area contributed by atoms with E-state index in [0.717, 1.165) is 6.54 Å². The van der Waals surface area contributed by atoms with Crippen LogP contribution in [0, 0.1) is 5.82 Å². The number of likely N-dealkylation sites (N-methyl/N-ethyl adjacent to an activating group) is 2. The first kappa shape index (κ1) is 28.3. The fourth-order valence-corrected chi connectivity index (χ4v) is 4.58. The Balaban J connectivity index is 1.34. The van der Waals surface area contributed by atoms with Crippen LogP contribution in [0.1, 0.15) is 21.6 Å². The third kappa shape index (κ3) is 7.25. The monoisotopic (exact) mass is 538 g/mol. The highest BCUT2D eigenvalue weighted by Gasteiger charge is 2.27. The summed E-state index contributed by atoms with van der Waals surface area (Å²) in [4.78, 5) is 43.3. The number of ether oxygens (including phenoxy) is 1. The van der Waals surface area contributed by atoms with Crippen LogP contribution < -0.4 is 10.9 Å². The van der Waals surface area contributed by atoms with Crippen LogP contribution in [-0.2, 0) is 16.0 Å². The molecule has 1 saturated heterocycles. The van der Waals surface area contributed by atoms with Crippen LogP contribution in [0.4, 0.5) is 4.39 Å². The highest BCUT2D eigenvalue weighted by molar-refractivity contribution is 5.95. The molecule has 1 aliphatic heterocycles. The Labute approximate surface area is 226 Å². The van der Waals surface area contributed by atoms with Gasteiger partial charge in [-0.2, -0.15) is 5.10 Å². The number of hydrogen-bond acceptors (Lipinski definition) is 7. The lowest BCUT2D eigenvalue weighted by molar-refractivity contribution is -0.133. The summed E-state index contributed by atoms with van der Waals surface area (Å²) in [5, 5.41) is 10.9. The smallest absolute Gasteiger partial charge is 0.272 e. The molecule has 0 unspecified atom stereocenters. The Morgan fingerprint density at radius 2 is 1.79 bits per heavy atom. The van der Waals surface area contributed by atoms with Gasteiger partial charge in [0.25, 0.3) is 11.5 Å². The second-order valence-corrected chi connectivity index (χ2v) is 9.66. The molecule has 39 heavy (non-hydrogen) atoms. The van der Waals surface area contributed by atoms with Gasteiger partial charge < -0.3 is 19.9 Å². The van der Waals surface area contributed by atoms with Crippen LogP contribution in [0.5, 0.6) is 0 Å². The minimum atomic E-state index is -0.597. The van der Waals surface area contributed by atoms with Crippen molar-refractivity contribution in [2.75, 3.05) is 73.1 Å². The van der Waals surface area contributed by atoms with Crippen LogP contribution in [-0.4, -0.2) is 110 Å². The number of nitrogens with one attached hydrogen (secondary N) is 2. The number of piperazine rings is 1. The minimum Gasteiger partial charge on any atom is -0.379 e. The van der Waals surface area contributed by atoms with E-state index in [-0.39, 0.29) is 23.6 Å². The zero-order chi connectivity index (χ0) is 27.8. The highest BCUT2D eigenvalue weighted by Crippen LogP contribution is 2.20. The highest BCUT2D eigenvalue weighted by atomic mass is 19.1. The quantitative estimate of drug-likeness (QED) is 0.352. The second-order valence-electron chi connectivity index (χ2n) is 9.66. The van der Waals surface area contributed by atoms with Gasteiger partial charge >= 0.3 is 0 Å². The zero-order valence-electron chi connectivity index (χ0n) is 22.4. The van der Waals surface area contributed by atoms with Crippen molar-refractivity contribution in [3.8, 4) is 0 Å². The molecule has 1 aromatic heterocycles. The van der Waals surface area contributed by atoms with Crippen molar-refractivity contribution >= 4 is 22.6 Å². The fourth-order valence-electron chi connectivity index (χ4n) is 4.58. The summed E-state index contributed by atoms with van der Waals surface area (Å²) in [6.45, 7) is 4.32. The van der Waals surface area contributed by atoms with E-state index in [4.69, 9.17) is 4.74 Å². The van der Waals surface area contributed by atoms with Crippen molar-refractivity contribution in [1.82, 2.24) is 30.2 Å². The molecule has 1 fully saturated rings. The standard InChI is InChI=1S/C28H35FN6O4/c1-30-9-15-39-16-14-33(2)19-26(36)34-10-12-35(13-11-34)28(38)23-17-20(7-8-24(23)29)18-25-21-5-3-4-6-22(21)27(37)32-31-25/h3-8,17,30H,9-16,18-19H2,1-2H3,(H,32,37). The summed E-state index contributed by atoms with van der Waals surface area (Å²) in [7, 11) is 3.74. The maximum atomic E-state index is 14.7. The average molecular weight is 539 g/mol. The van der Waals surface area contributed by atoms with Crippen molar-refractivity contribution < 1.29 is 18.7 Å². The zero-order valence-corrected chi connectivity index (χ0v) is 22.4. The molecule has 0 bridgehead atoms. The molecule has 0 aliphatic carbocycles. The molecule has 208 valence electrons. The van der Waals surface area contributed by atoms with Gasteiger partial charge in [0, 0.05) is 51.1 Å². The lowest BCUT2D eigenvalue weighted by Crippen LogP contribution is -2.52. The van der Waals surface area contributed by atoms with E-state index < -0.39 is 11.7 Å². The Kier molecular flexibility index (Phi) is 9.74. The predicted molar refractivity (Wildman–Crippen MR) is 146 cm³/mol. The van der Waals surface area contributed by atoms with Gasteiger partial charge in [-0.15, -0.1) is 0 Å². The number of nitrogens with zero attached hydrogens (tertiary/aromatic N) is 4. The first-order valence-electron chi connectivity index (χ1n) is 13.1. The number of aromatic amines is 1. The Hall–Kier alpha value is -3.67. The normalized spacial score (nSPS) is 13.8. The average Bonchev–Trinajstić information content (AvgIpc) is 2.95. The van der Waals surface area contributed by atoms with Gasteiger partial charge in [-0.3, -0.25) is 19.3 Å². The summed E-state index contributed by atoms with van der Waals surface area (Å²) in [6, 6.07) is 11.6. The van der Waals surface area contributed by atoms with Crippen molar-refractivity contribution in [3.05, 3.63) is 75.5 Å². The molecule has 11 heteroatoms. The molecule has 0 radical (unpaired) electrons. The van der Waals surface area contributed by atoms with Gasteiger partial charge in [0.05, 0.1) is 36.4 Å². The maximum Gasteiger partial charge on any atom is 0.272 e. The van der Waals surface area contributed by atoms with Gasteiger partial charge in [0.1, 0.15) is 5.82 Å². The van der Waals surface area contributed by atoms with Crippen molar-refractivity contribution in [1.29, 1.82) is 0 Å². The Bertz CT molecular complexity index is 1360. The summed E-state index contributed by atoms with van der Waals surface area (Å²) >= 11 is 0. The van der Waals surface area contributed by atoms with E-state index in [1.54, 1.807) is 34.1 Å². The van der Waals surface area contributed by atoms with Gasteiger partial charge in [0.15, 0.2) is 0 Å². The number of H-pyrrole nitrogens is 1. The number of aromatic nitrogens is 2. The Morgan fingerprint density at radius 3 is 2.54 bits per heavy atom. The number of fused-ring (bicyclic) bond motifs is 1. The third-order valence-corrected chi connectivity index (χ3v) is 6.85. The van der Waals surface area contributed by atoms with E-state index in [1.807, 2.05) is 31.1 Å². The van der Waals surface area contributed by atoms with E-state index in [1.165, 1.54) is 6.07 Å². The van der Waals surface area contributed by atoms with Gasteiger partial charge in [-0.05, 0) is 37.9 Å². The van der Waals surface area contributed by atoms with Crippen LogP contribution in [0.2, 0.25) is 0 Å². The molecule has 2 heterocycles. The summed E-state index contributed by atoms with van der Waals surface area (Å²) < 4.78 is 20.3. The van der Waals surface area contributed by atoms with Gasteiger partial charge in [-0.1, -0.05) is 24.3 Å². The van der Waals surface area contributed by atoms with Crippen molar-refractivity contribution in [2.24, 2.45) is 0 Å². The predicted octanol–water partition coefficient (Wildman–Crippen LogP) is 1.11. The number of hydrogen-bond donors (Lipinski definition) is 2. The molecule has 1 aliphatic rings. The van der Waals surface area contributed by atoms with E-state index >= 15 is 0 Å². The molecule has 3 aromatic rings. The number of halogens is 1. The van der Waals surface area contributed by atoms with Crippen molar-refractivity contribution in [3.63, 3.8) is 0 Å². The van der Waals surface area contributed by atoms with Crippen LogP contribution >= 0.6 is 0 Å². The number of amides is 2. The summed E-state index contributed by atoms with van der Waals surface area (Å²) in [5.41, 5.74) is 1.05. The van der Waals surface area contributed by atoms with E-state index in [0.29, 0.717) is 74.4 Å². The fraction of sp³-hybridized carbons (Fsp3) is 0.429. The molecule has 2 aromatic carbocycles. The van der Waals surface area contributed by atoms with E-state index in [9.17, 15) is 18.8 Å². The van der Waals surface area contributed by atoms with Gasteiger partial charge in [0.2, 0.25) is 5.91 Å². The SMILES string of the molecule is CNCCOCCN(C)CC(=O)N1CCN(C(=O)c2cc(Cc3n[nH]c(=O)c4ccccc34)ccc2F)CC1. The molecule has 10 nitrogen and oxygen atoms in total. The molecular weight excluding hydrogens is 503 g/mol. The topological polar surface area (TPSA) is 111 Å². The number of carbonyl (C=O) groups is 2. The lowest BCUT2D eigenvalue weighted by atomic mass is 10.0. The molecule has 4 rings (SSSR count). The lowest BCUT2D eigenvalue weighted by Gasteiger charge is -2.35. The maximum absolute atomic E-state index is 14.7. The molecule has 2 amide bonds. The number of carbonyl (C=O) groups excluding carboxylic acids is 2. The molecule has 0 spiro atoms. The van der Waals surface area contributed by atoms with Gasteiger partial charge in [-0.25, -0.2) is 9.49 Å². The van der Waals surface area contributed by atoms with Crippen LogP contribution in [0.25, 0.3) is 10.8 Å². The molecule has 0 atom stereocenters. The first-order valence-corrected chi connectivity index (χ1v) is 13.1. The van der Waals surface area contributed by atoms with Crippen LogP contribution in [0.15, 0.2) is 47.3 Å². The second kappa shape index (κ2) is 13.4. The number of benzene rings is 2. The summed E-state index contributed by atoms with van der Waals surface area (Å²) in [5.74, 6) is -1.01. The van der Waals surface area contributed by atoms with Crippen LogP contribution in [0.3, 0.4) is 0 Å². The first-order chi connectivity index (χ1) is 18.9. The van der Waals surface area contributed by atoms with Crippen molar-refractivity contribution in [2.45, 2.75) is 6.42 Å². The largest absolute Gasteiger partial charge is 0.379 e. The molecule has 0 saturated carbocycles. The minimum absolute atomic E-state index is 0.00590. The van der Waals surface area contributed by atoms with E-state index in [2.05, 4.69) is 15.5 Å². The number of rotatable bonds is 11.